The lowest BCUT2D eigenvalue weighted by atomic mass is 10.1. The van der Waals surface area contributed by atoms with Crippen LogP contribution in [0.15, 0.2) is 30.3 Å². The molecule has 2 rings (SSSR count). The third kappa shape index (κ3) is 7.21. The van der Waals surface area contributed by atoms with Crippen LogP contribution in [0.4, 0.5) is 0 Å². The molecule has 0 spiro atoms. The number of unbranched alkanes of at least 4 members (excludes halogenated alkanes) is 1. The van der Waals surface area contributed by atoms with E-state index >= 15 is 0 Å². The molecule has 1 N–H and O–H groups in total. The fourth-order valence-corrected chi connectivity index (χ4v) is 3.52. The zero-order valence-electron chi connectivity index (χ0n) is 14.0. The first-order chi connectivity index (χ1) is 11.1. The van der Waals surface area contributed by atoms with Gasteiger partial charge in [-0.3, -0.25) is 4.79 Å². The Bertz CT molecular complexity index is 464. The van der Waals surface area contributed by atoms with Gasteiger partial charge in [0.1, 0.15) is 6.61 Å². The molecule has 23 heavy (non-hydrogen) atoms. The van der Waals surface area contributed by atoms with E-state index in [1.165, 1.54) is 19.3 Å². The van der Waals surface area contributed by atoms with Crippen LogP contribution in [-0.2, 0) is 16.1 Å². The van der Waals surface area contributed by atoms with E-state index in [-0.39, 0.29) is 11.9 Å². The predicted molar refractivity (Wildman–Crippen MR) is 103 cm³/mol. The molecule has 0 aliphatic heterocycles. The van der Waals surface area contributed by atoms with Crippen LogP contribution in [0.1, 0.15) is 51.0 Å². The second-order valence-electron chi connectivity index (χ2n) is 6.53. The molecule has 0 saturated heterocycles. The van der Waals surface area contributed by atoms with Gasteiger partial charge in [0, 0.05) is 9.97 Å². The van der Waals surface area contributed by atoms with E-state index in [9.17, 15) is 4.79 Å². The molecule has 1 fully saturated rings. The number of halogens is 1. The molecule has 3 atom stereocenters. The largest absolute Gasteiger partial charge is 0.461 e. The summed E-state index contributed by atoms with van der Waals surface area (Å²) in [6.07, 6.45) is 6.78. The highest BCUT2D eigenvalue weighted by Gasteiger charge is 2.30. The zero-order valence-corrected chi connectivity index (χ0v) is 16.1. The fourth-order valence-electron chi connectivity index (χ4n) is 3.08. The van der Waals surface area contributed by atoms with Crippen molar-refractivity contribution in [3.8, 4) is 0 Å². The SMILES string of the molecule is CC(I)CCCCNC1CCC(C(=O)OCc2ccccc2)C1. The third-order valence-corrected chi connectivity index (χ3v) is 5.07. The van der Waals surface area contributed by atoms with Gasteiger partial charge < -0.3 is 10.1 Å². The predicted octanol–water partition coefficient (Wildman–Crippen LogP) is 4.48. The molecular weight excluding hydrogens is 401 g/mol. The zero-order chi connectivity index (χ0) is 16.5. The molecule has 0 radical (unpaired) electrons. The number of ether oxygens (including phenoxy) is 1. The highest BCUT2D eigenvalue weighted by molar-refractivity contribution is 14.1. The van der Waals surface area contributed by atoms with E-state index in [4.69, 9.17) is 4.74 Å². The Morgan fingerprint density at radius 3 is 2.83 bits per heavy atom. The van der Waals surface area contributed by atoms with Crippen molar-refractivity contribution < 1.29 is 9.53 Å². The van der Waals surface area contributed by atoms with Gasteiger partial charge in [-0.1, -0.05) is 66.3 Å². The average Bonchev–Trinajstić information content (AvgIpc) is 3.02. The number of alkyl halides is 1. The number of rotatable bonds is 9. The summed E-state index contributed by atoms with van der Waals surface area (Å²) in [6.45, 7) is 3.72. The molecule has 0 aromatic heterocycles. The molecule has 3 unspecified atom stereocenters. The van der Waals surface area contributed by atoms with Gasteiger partial charge in [-0.15, -0.1) is 0 Å². The van der Waals surface area contributed by atoms with Crippen LogP contribution >= 0.6 is 22.6 Å². The van der Waals surface area contributed by atoms with E-state index < -0.39 is 0 Å². The molecule has 0 heterocycles. The molecule has 0 amide bonds. The maximum Gasteiger partial charge on any atom is 0.309 e. The minimum absolute atomic E-state index is 0.0307. The molecule has 1 saturated carbocycles. The van der Waals surface area contributed by atoms with Gasteiger partial charge in [0.05, 0.1) is 5.92 Å². The normalized spacial score (nSPS) is 22.0. The van der Waals surface area contributed by atoms with Crippen LogP contribution in [0.5, 0.6) is 0 Å². The van der Waals surface area contributed by atoms with Crippen molar-refractivity contribution in [3.63, 3.8) is 0 Å². The van der Waals surface area contributed by atoms with Crippen molar-refractivity contribution in [3.05, 3.63) is 35.9 Å². The van der Waals surface area contributed by atoms with E-state index in [0.717, 1.165) is 35.3 Å². The molecule has 1 aliphatic carbocycles. The van der Waals surface area contributed by atoms with Gasteiger partial charge in [0.25, 0.3) is 0 Å². The third-order valence-electron chi connectivity index (χ3n) is 4.45. The van der Waals surface area contributed by atoms with Crippen LogP contribution < -0.4 is 5.32 Å². The lowest BCUT2D eigenvalue weighted by molar-refractivity contribution is -0.149. The standard InChI is InChI=1S/C19H28INO2/c1-15(20)7-5-6-12-21-18-11-10-17(13-18)19(22)23-14-16-8-3-2-4-9-16/h2-4,8-9,15,17-18,21H,5-7,10-14H2,1H3. The van der Waals surface area contributed by atoms with Crippen molar-refractivity contribution in [2.24, 2.45) is 5.92 Å². The van der Waals surface area contributed by atoms with Gasteiger partial charge in [-0.2, -0.15) is 0 Å². The summed E-state index contributed by atoms with van der Waals surface area (Å²) in [5.41, 5.74) is 1.05. The molecule has 4 heteroatoms. The topological polar surface area (TPSA) is 38.3 Å². The maximum atomic E-state index is 12.2. The molecular formula is C19H28INO2. The Morgan fingerprint density at radius 1 is 1.30 bits per heavy atom. The Morgan fingerprint density at radius 2 is 2.09 bits per heavy atom. The first kappa shape index (κ1) is 18.7. The average molecular weight is 429 g/mol. The van der Waals surface area contributed by atoms with Crippen LogP contribution in [0, 0.1) is 5.92 Å². The van der Waals surface area contributed by atoms with Crippen molar-refractivity contribution in [2.45, 2.75) is 62.0 Å². The highest BCUT2D eigenvalue weighted by atomic mass is 127. The van der Waals surface area contributed by atoms with Gasteiger partial charge >= 0.3 is 5.97 Å². The second kappa shape index (κ2) is 10.3. The van der Waals surface area contributed by atoms with Gasteiger partial charge in [0.2, 0.25) is 0 Å². The van der Waals surface area contributed by atoms with E-state index in [0.29, 0.717) is 12.6 Å². The summed E-state index contributed by atoms with van der Waals surface area (Å²) in [5.74, 6) is 0.0440. The van der Waals surface area contributed by atoms with E-state index in [1.54, 1.807) is 0 Å². The monoisotopic (exact) mass is 429 g/mol. The Kier molecular flexibility index (Phi) is 8.37. The first-order valence-electron chi connectivity index (χ1n) is 8.73. The van der Waals surface area contributed by atoms with Gasteiger partial charge in [-0.25, -0.2) is 0 Å². The van der Waals surface area contributed by atoms with Gasteiger partial charge in [-0.05, 0) is 44.2 Å². The van der Waals surface area contributed by atoms with E-state index in [1.807, 2.05) is 30.3 Å². The van der Waals surface area contributed by atoms with Crippen LogP contribution in [0.2, 0.25) is 0 Å². The summed E-state index contributed by atoms with van der Waals surface area (Å²) in [6, 6.07) is 10.4. The first-order valence-corrected chi connectivity index (χ1v) is 9.97. The summed E-state index contributed by atoms with van der Waals surface area (Å²) >= 11 is 2.48. The summed E-state index contributed by atoms with van der Waals surface area (Å²) in [7, 11) is 0. The summed E-state index contributed by atoms with van der Waals surface area (Å²) in [5, 5.41) is 3.60. The van der Waals surface area contributed by atoms with Crippen molar-refractivity contribution in [2.75, 3.05) is 6.54 Å². The molecule has 3 nitrogen and oxygen atoms in total. The van der Waals surface area contributed by atoms with Crippen LogP contribution in [-0.4, -0.2) is 22.5 Å². The lowest BCUT2D eigenvalue weighted by Crippen LogP contribution is -2.28. The fraction of sp³-hybridized carbons (Fsp3) is 0.632. The maximum absolute atomic E-state index is 12.2. The highest BCUT2D eigenvalue weighted by Crippen LogP contribution is 2.27. The van der Waals surface area contributed by atoms with Crippen molar-refractivity contribution in [1.29, 1.82) is 0 Å². The number of benzene rings is 1. The smallest absolute Gasteiger partial charge is 0.309 e. The lowest BCUT2D eigenvalue weighted by Gasteiger charge is -2.13. The molecule has 0 bridgehead atoms. The number of carbonyl (C=O) groups is 1. The molecule has 128 valence electrons. The molecule has 1 aliphatic rings. The van der Waals surface area contributed by atoms with Crippen molar-refractivity contribution in [1.82, 2.24) is 5.32 Å². The van der Waals surface area contributed by atoms with E-state index in [2.05, 4.69) is 34.8 Å². The Labute approximate surface area is 153 Å². The molecule has 1 aromatic carbocycles. The summed E-state index contributed by atoms with van der Waals surface area (Å²) < 4.78 is 6.23. The van der Waals surface area contributed by atoms with Gasteiger partial charge in [0.15, 0.2) is 0 Å². The van der Waals surface area contributed by atoms with Crippen LogP contribution in [0.25, 0.3) is 0 Å². The minimum atomic E-state index is -0.0307. The number of esters is 1. The summed E-state index contributed by atoms with van der Waals surface area (Å²) in [4.78, 5) is 12.2. The quantitative estimate of drug-likeness (QED) is 0.272. The van der Waals surface area contributed by atoms with Crippen LogP contribution in [0.3, 0.4) is 0 Å². The number of nitrogens with one attached hydrogen (secondary N) is 1. The minimum Gasteiger partial charge on any atom is -0.461 e. The number of carbonyl (C=O) groups excluding carboxylic acids is 1. The number of hydrogen-bond acceptors (Lipinski definition) is 3. The number of hydrogen-bond donors (Lipinski definition) is 1. The Hall–Kier alpha value is -0.620. The second-order valence-corrected chi connectivity index (χ2v) is 8.66. The Balaban J connectivity index is 1.59. The van der Waals surface area contributed by atoms with Crippen molar-refractivity contribution >= 4 is 28.6 Å². The molecule has 1 aromatic rings.